The number of hydrogen-bond donors (Lipinski definition) is 0. The van der Waals surface area contributed by atoms with Crippen molar-refractivity contribution in [2.24, 2.45) is 0 Å². The van der Waals surface area contributed by atoms with Crippen LogP contribution in [-0.2, 0) is 0 Å². The van der Waals surface area contributed by atoms with Crippen LogP contribution in [0.4, 0.5) is 0 Å². The van der Waals surface area contributed by atoms with E-state index >= 15 is 0 Å². The van der Waals surface area contributed by atoms with Gasteiger partial charge in [0.15, 0.2) is 0 Å². The lowest BCUT2D eigenvalue weighted by molar-refractivity contribution is 1.06. The number of benzene rings is 2. The molecule has 0 aliphatic carbocycles. The van der Waals surface area contributed by atoms with Crippen LogP contribution >= 0.6 is 0 Å². The zero-order valence-electron chi connectivity index (χ0n) is 10.5. The summed E-state index contributed by atoms with van der Waals surface area (Å²) in [6.07, 6.45) is 11.0. The van der Waals surface area contributed by atoms with Crippen molar-refractivity contribution in [1.29, 1.82) is 0 Å². The second kappa shape index (κ2) is 7.29. The molecule has 2 rings (SSSR count). The fourth-order valence-electron chi connectivity index (χ4n) is 1.76. The molecule has 18 heavy (non-hydrogen) atoms. The van der Waals surface area contributed by atoms with Gasteiger partial charge < -0.3 is 0 Å². The molecule has 0 saturated carbocycles. The average Bonchev–Trinajstić information content (AvgIpc) is 2.45. The maximum atomic E-state index is 2.23. The Hall–Kier alpha value is -2.08. The first-order valence-corrected chi connectivity index (χ1v) is 6.38. The molecule has 0 bridgehead atoms. The van der Waals surface area contributed by atoms with Crippen LogP contribution in [0.15, 0.2) is 72.8 Å². The van der Waals surface area contributed by atoms with Crippen molar-refractivity contribution in [3.63, 3.8) is 0 Å². The van der Waals surface area contributed by atoms with Crippen LogP contribution in [0.5, 0.6) is 0 Å². The van der Waals surface area contributed by atoms with Gasteiger partial charge >= 0.3 is 0 Å². The smallest absolute Gasteiger partial charge is 0.0260 e. The van der Waals surface area contributed by atoms with Crippen LogP contribution in [0, 0.1) is 0 Å². The zero-order chi connectivity index (χ0) is 12.5. The quantitative estimate of drug-likeness (QED) is 0.624. The van der Waals surface area contributed by atoms with E-state index in [0.29, 0.717) is 0 Å². The molecule has 0 heteroatoms. The number of unbranched alkanes of at least 4 members (excludes halogenated alkanes) is 1. The Bertz CT molecular complexity index is 443. The van der Waals surface area contributed by atoms with E-state index in [0.717, 1.165) is 12.8 Å². The van der Waals surface area contributed by atoms with Crippen LogP contribution in [0.1, 0.15) is 24.0 Å². The molecule has 0 heterocycles. The second-order valence-electron chi connectivity index (χ2n) is 4.20. The Kier molecular flexibility index (Phi) is 5.01. The highest BCUT2D eigenvalue weighted by atomic mass is 13.9. The average molecular weight is 234 g/mol. The summed E-state index contributed by atoms with van der Waals surface area (Å²) < 4.78 is 0. The highest BCUT2D eigenvalue weighted by molar-refractivity contribution is 5.50. The van der Waals surface area contributed by atoms with Crippen LogP contribution in [0.2, 0.25) is 0 Å². The van der Waals surface area contributed by atoms with Gasteiger partial charge in [-0.15, -0.1) is 0 Å². The Morgan fingerprint density at radius 1 is 0.556 bits per heavy atom. The summed E-state index contributed by atoms with van der Waals surface area (Å²) in [4.78, 5) is 0. The summed E-state index contributed by atoms with van der Waals surface area (Å²) in [6.45, 7) is 0. The van der Waals surface area contributed by atoms with Crippen molar-refractivity contribution >= 4 is 12.2 Å². The molecule has 0 atom stereocenters. The standard InChI is InChI=1S/C18H18/c1(5-11-17-13-7-3-8-14-17)2-6-12-18-15-9-4-10-16-18/h3-16H,1-2H2/b11-5-,12-6+. The predicted molar refractivity (Wildman–Crippen MR) is 80.2 cm³/mol. The first-order chi connectivity index (χ1) is 8.95. The maximum Gasteiger partial charge on any atom is -0.0260 e. The first-order valence-electron chi connectivity index (χ1n) is 6.38. The molecular weight excluding hydrogens is 216 g/mol. The number of rotatable bonds is 5. The second-order valence-corrected chi connectivity index (χ2v) is 4.20. The highest BCUT2D eigenvalue weighted by Gasteiger charge is 1.84. The van der Waals surface area contributed by atoms with Gasteiger partial charge in [-0.25, -0.2) is 0 Å². The monoisotopic (exact) mass is 234 g/mol. The van der Waals surface area contributed by atoms with E-state index in [-0.39, 0.29) is 0 Å². The summed E-state index contributed by atoms with van der Waals surface area (Å²) in [5.41, 5.74) is 2.54. The third-order valence-corrected chi connectivity index (χ3v) is 2.72. The third kappa shape index (κ3) is 4.42. The predicted octanol–water partition coefficient (Wildman–Crippen LogP) is 5.19. The van der Waals surface area contributed by atoms with Crippen molar-refractivity contribution in [3.8, 4) is 0 Å². The van der Waals surface area contributed by atoms with Gasteiger partial charge in [-0.1, -0.05) is 85.0 Å². The zero-order valence-corrected chi connectivity index (χ0v) is 10.5. The topological polar surface area (TPSA) is 0 Å². The number of allylic oxidation sites excluding steroid dienone is 2. The van der Waals surface area contributed by atoms with E-state index in [9.17, 15) is 0 Å². The largest absolute Gasteiger partial charge is 0.0836 e. The first kappa shape index (κ1) is 12.4. The van der Waals surface area contributed by atoms with Crippen LogP contribution in [0.25, 0.3) is 12.2 Å². The minimum Gasteiger partial charge on any atom is -0.0836 e. The maximum absolute atomic E-state index is 2.23. The molecular formula is C18H18. The highest BCUT2D eigenvalue weighted by Crippen LogP contribution is 2.05. The van der Waals surface area contributed by atoms with Crippen LogP contribution in [-0.4, -0.2) is 0 Å². The van der Waals surface area contributed by atoms with E-state index in [1.54, 1.807) is 0 Å². The van der Waals surface area contributed by atoms with E-state index in [2.05, 4.69) is 72.8 Å². The summed E-state index contributed by atoms with van der Waals surface area (Å²) in [5.74, 6) is 0. The molecule has 0 saturated heterocycles. The van der Waals surface area contributed by atoms with Gasteiger partial charge in [0.2, 0.25) is 0 Å². The molecule has 90 valence electrons. The van der Waals surface area contributed by atoms with Gasteiger partial charge in [0.25, 0.3) is 0 Å². The summed E-state index contributed by atoms with van der Waals surface area (Å²) in [5, 5.41) is 0. The molecule has 0 aliphatic rings. The normalized spacial score (nSPS) is 11.3. The van der Waals surface area contributed by atoms with Gasteiger partial charge in [-0.3, -0.25) is 0 Å². The number of hydrogen-bond acceptors (Lipinski definition) is 0. The molecule has 0 spiro atoms. The van der Waals surface area contributed by atoms with Crippen LogP contribution in [0.3, 0.4) is 0 Å². The molecule has 2 aromatic carbocycles. The van der Waals surface area contributed by atoms with E-state index < -0.39 is 0 Å². The molecule has 0 unspecified atom stereocenters. The molecule has 0 aromatic heterocycles. The van der Waals surface area contributed by atoms with Crippen molar-refractivity contribution in [2.75, 3.05) is 0 Å². The van der Waals surface area contributed by atoms with Crippen LogP contribution < -0.4 is 0 Å². The minimum atomic E-state index is 1.08. The van der Waals surface area contributed by atoms with Crippen molar-refractivity contribution < 1.29 is 0 Å². The SMILES string of the molecule is C(=C/c1ccccc1)/CC/C=C/c1ccccc1. The van der Waals surface area contributed by atoms with Gasteiger partial charge in [0.05, 0.1) is 0 Å². The van der Waals surface area contributed by atoms with Crippen molar-refractivity contribution in [1.82, 2.24) is 0 Å². The van der Waals surface area contributed by atoms with Gasteiger partial charge in [-0.05, 0) is 24.0 Å². The summed E-state index contributed by atoms with van der Waals surface area (Å²) in [6, 6.07) is 20.8. The fraction of sp³-hybridized carbons (Fsp3) is 0.111. The van der Waals surface area contributed by atoms with Gasteiger partial charge in [0, 0.05) is 0 Å². The Balaban J connectivity index is 1.73. The molecule has 2 aromatic rings. The fourth-order valence-corrected chi connectivity index (χ4v) is 1.76. The Morgan fingerprint density at radius 2 is 0.944 bits per heavy atom. The molecule has 0 N–H and O–H groups in total. The Morgan fingerprint density at radius 3 is 1.33 bits per heavy atom. The van der Waals surface area contributed by atoms with E-state index in [1.165, 1.54) is 11.1 Å². The lowest BCUT2D eigenvalue weighted by Gasteiger charge is -1.92. The Labute approximate surface area is 109 Å². The van der Waals surface area contributed by atoms with E-state index in [4.69, 9.17) is 0 Å². The van der Waals surface area contributed by atoms with Crippen molar-refractivity contribution in [3.05, 3.63) is 83.9 Å². The van der Waals surface area contributed by atoms with Gasteiger partial charge in [0.1, 0.15) is 0 Å². The molecule has 0 nitrogen and oxygen atoms in total. The molecule has 0 aliphatic heterocycles. The molecule has 0 radical (unpaired) electrons. The van der Waals surface area contributed by atoms with E-state index in [1.807, 2.05) is 12.1 Å². The van der Waals surface area contributed by atoms with Crippen molar-refractivity contribution in [2.45, 2.75) is 12.8 Å². The summed E-state index contributed by atoms with van der Waals surface area (Å²) in [7, 11) is 0. The molecule has 0 amide bonds. The minimum absolute atomic E-state index is 1.08. The third-order valence-electron chi connectivity index (χ3n) is 2.72. The van der Waals surface area contributed by atoms with Gasteiger partial charge in [-0.2, -0.15) is 0 Å². The lowest BCUT2D eigenvalue weighted by atomic mass is 10.1. The molecule has 0 fully saturated rings. The lowest BCUT2D eigenvalue weighted by Crippen LogP contribution is -1.71. The summed E-state index contributed by atoms with van der Waals surface area (Å²) >= 11 is 0.